The monoisotopic (exact) mass is 333 g/mol. The molecule has 0 saturated carbocycles. The van der Waals surface area contributed by atoms with Gasteiger partial charge >= 0.3 is 0 Å². The van der Waals surface area contributed by atoms with E-state index in [0.29, 0.717) is 0 Å². The summed E-state index contributed by atoms with van der Waals surface area (Å²) < 4.78 is 0. The highest BCUT2D eigenvalue weighted by Gasteiger charge is 2.32. The van der Waals surface area contributed by atoms with Crippen molar-refractivity contribution in [2.24, 2.45) is 5.41 Å². The summed E-state index contributed by atoms with van der Waals surface area (Å²) in [6.45, 7) is 20.8. The van der Waals surface area contributed by atoms with Crippen LogP contribution in [0.15, 0.2) is 30.3 Å². The van der Waals surface area contributed by atoms with Crippen LogP contribution < -0.4 is 0 Å². The van der Waals surface area contributed by atoms with E-state index < -0.39 is 0 Å². The van der Waals surface area contributed by atoms with E-state index in [9.17, 15) is 0 Å². The molecule has 3 rings (SSSR count). The zero-order valence-electron chi connectivity index (χ0n) is 17.5. The lowest BCUT2D eigenvalue weighted by molar-refractivity contribution is 0.469. The lowest BCUT2D eigenvalue weighted by atomic mass is 9.69. The van der Waals surface area contributed by atoms with Crippen molar-refractivity contribution in [2.45, 2.75) is 73.1 Å². The van der Waals surface area contributed by atoms with E-state index in [1.807, 2.05) is 0 Å². The van der Waals surface area contributed by atoms with Crippen LogP contribution in [-0.4, -0.2) is 0 Å². The second kappa shape index (κ2) is 5.47. The van der Waals surface area contributed by atoms with Gasteiger partial charge in [-0.3, -0.25) is 0 Å². The first-order chi connectivity index (χ1) is 11.3. The Morgan fingerprint density at radius 1 is 0.560 bits per heavy atom. The van der Waals surface area contributed by atoms with Crippen molar-refractivity contribution < 1.29 is 0 Å². The molecule has 0 amide bonds. The molecule has 0 spiro atoms. The summed E-state index contributed by atoms with van der Waals surface area (Å²) in [6, 6.07) is 9.43. The van der Waals surface area contributed by atoms with Crippen LogP contribution in [0.2, 0.25) is 0 Å². The first kappa shape index (κ1) is 18.2. The molecule has 25 heavy (non-hydrogen) atoms. The smallest absolute Gasteiger partial charge is 0.0327 e. The van der Waals surface area contributed by atoms with Crippen molar-refractivity contribution >= 4 is 16.8 Å². The van der Waals surface area contributed by atoms with Gasteiger partial charge in [0.15, 0.2) is 0 Å². The van der Waals surface area contributed by atoms with Crippen LogP contribution in [0.25, 0.3) is 16.8 Å². The van der Waals surface area contributed by atoms with E-state index >= 15 is 0 Å². The highest BCUT2D eigenvalue weighted by molar-refractivity contribution is 6.01. The van der Waals surface area contributed by atoms with Gasteiger partial charge in [0, 0.05) is 5.92 Å². The Morgan fingerprint density at radius 2 is 1.12 bits per heavy atom. The minimum absolute atomic E-state index is 0.141. The maximum absolute atomic E-state index is 2.36. The minimum Gasteiger partial charge on any atom is -0.0716 e. The molecule has 2 aromatic carbocycles. The highest BCUT2D eigenvalue weighted by atomic mass is 14.4. The summed E-state index contributed by atoms with van der Waals surface area (Å²) in [7, 11) is 0. The van der Waals surface area contributed by atoms with Gasteiger partial charge in [-0.25, -0.2) is 0 Å². The molecule has 0 aliphatic heterocycles. The third-order valence-electron chi connectivity index (χ3n) is 5.35. The molecule has 1 aliphatic carbocycles. The molecule has 0 aromatic heterocycles. The summed E-state index contributed by atoms with van der Waals surface area (Å²) >= 11 is 0. The Labute approximate surface area is 154 Å². The molecule has 0 nitrogen and oxygen atoms in total. The summed E-state index contributed by atoms with van der Waals surface area (Å²) in [5.41, 5.74) is 6.14. The number of allylic oxidation sites excluding steroid dienone is 1. The fraction of sp³-hybridized carbons (Fsp3) is 0.480. The average Bonchev–Trinajstić information content (AvgIpc) is 2.44. The van der Waals surface area contributed by atoms with Crippen LogP contribution in [0.4, 0.5) is 0 Å². The molecule has 0 saturated heterocycles. The zero-order valence-corrected chi connectivity index (χ0v) is 17.5. The van der Waals surface area contributed by atoms with Crippen molar-refractivity contribution in [3.05, 3.63) is 58.5 Å². The predicted octanol–water partition coefficient (Wildman–Crippen LogP) is 7.43. The fourth-order valence-electron chi connectivity index (χ4n) is 4.09. The topological polar surface area (TPSA) is 0 Å². The predicted molar refractivity (Wildman–Crippen MR) is 112 cm³/mol. The zero-order chi connectivity index (χ0) is 18.8. The van der Waals surface area contributed by atoms with Crippen molar-refractivity contribution in [1.82, 2.24) is 0 Å². The fourth-order valence-corrected chi connectivity index (χ4v) is 4.09. The summed E-state index contributed by atoms with van der Waals surface area (Å²) in [4.78, 5) is 0. The van der Waals surface area contributed by atoms with E-state index in [4.69, 9.17) is 0 Å². The third-order valence-corrected chi connectivity index (χ3v) is 5.35. The maximum atomic E-state index is 2.36. The van der Waals surface area contributed by atoms with Crippen LogP contribution in [0.1, 0.15) is 84.6 Å². The second-order valence-corrected chi connectivity index (χ2v) is 10.6. The SMILES string of the molecule is CC(C)(C)[C]1C=Cc2c(C(C)(C)C)ccc3c(C(C)(C)C)ccc1c23. The first-order valence-electron chi connectivity index (χ1n) is 9.48. The van der Waals surface area contributed by atoms with Crippen LogP contribution in [0, 0.1) is 11.3 Å². The van der Waals surface area contributed by atoms with Crippen LogP contribution in [-0.2, 0) is 10.8 Å². The van der Waals surface area contributed by atoms with E-state index in [-0.39, 0.29) is 16.2 Å². The van der Waals surface area contributed by atoms with Gasteiger partial charge in [-0.05, 0) is 49.3 Å². The Balaban J connectivity index is 2.45. The Bertz CT molecular complexity index is 843. The maximum Gasteiger partial charge on any atom is 0.0327 e. The lowest BCUT2D eigenvalue weighted by Gasteiger charge is -2.35. The quantitative estimate of drug-likeness (QED) is 0.470. The summed E-state index contributed by atoms with van der Waals surface area (Å²) in [6.07, 6.45) is 4.71. The van der Waals surface area contributed by atoms with Crippen molar-refractivity contribution in [1.29, 1.82) is 0 Å². The number of rotatable bonds is 0. The molecule has 1 radical (unpaired) electrons. The Hall–Kier alpha value is -1.56. The molecule has 0 N–H and O–H groups in total. The number of hydrogen-bond donors (Lipinski definition) is 0. The molecule has 2 aromatic rings. The van der Waals surface area contributed by atoms with Crippen LogP contribution >= 0.6 is 0 Å². The van der Waals surface area contributed by atoms with Gasteiger partial charge in [-0.2, -0.15) is 0 Å². The van der Waals surface area contributed by atoms with Crippen molar-refractivity contribution in [3.8, 4) is 0 Å². The molecule has 133 valence electrons. The standard InChI is InChI=1S/C25H33/c1-23(2,3)19-13-10-17-21(25(7,8)9)15-12-18-20(24(4,5)6)14-11-16(19)22(17)18/h10-15H,1-9H3. The van der Waals surface area contributed by atoms with Crippen molar-refractivity contribution in [2.75, 3.05) is 0 Å². The molecular formula is C25H33. The third kappa shape index (κ3) is 3.05. The van der Waals surface area contributed by atoms with E-state index in [0.717, 1.165) is 0 Å². The van der Waals surface area contributed by atoms with Gasteiger partial charge in [0.1, 0.15) is 0 Å². The largest absolute Gasteiger partial charge is 0.0716 e. The molecule has 1 aliphatic rings. The highest BCUT2D eigenvalue weighted by Crippen LogP contribution is 2.47. The van der Waals surface area contributed by atoms with Gasteiger partial charge in [0.05, 0.1) is 0 Å². The normalized spacial score (nSPS) is 15.9. The average molecular weight is 334 g/mol. The first-order valence-corrected chi connectivity index (χ1v) is 9.48. The minimum atomic E-state index is 0.141. The van der Waals surface area contributed by atoms with Gasteiger partial charge in [-0.1, -0.05) is 98.7 Å². The molecule has 0 bridgehead atoms. The molecule has 0 unspecified atom stereocenters. The molecular weight excluding hydrogens is 300 g/mol. The molecule has 0 fully saturated rings. The number of hydrogen-bond acceptors (Lipinski definition) is 0. The summed E-state index contributed by atoms with van der Waals surface area (Å²) in [5.74, 6) is 1.44. The van der Waals surface area contributed by atoms with Gasteiger partial charge in [0.2, 0.25) is 0 Å². The molecule has 0 atom stereocenters. The van der Waals surface area contributed by atoms with E-state index in [2.05, 4.69) is 98.7 Å². The van der Waals surface area contributed by atoms with Crippen molar-refractivity contribution in [3.63, 3.8) is 0 Å². The van der Waals surface area contributed by atoms with E-state index in [1.54, 1.807) is 0 Å². The van der Waals surface area contributed by atoms with Gasteiger partial charge in [-0.15, -0.1) is 0 Å². The Morgan fingerprint density at radius 3 is 1.64 bits per heavy atom. The van der Waals surface area contributed by atoms with Gasteiger partial charge in [0.25, 0.3) is 0 Å². The lowest BCUT2D eigenvalue weighted by Crippen LogP contribution is -2.22. The van der Waals surface area contributed by atoms with Gasteiger partial charge < -0.3 is 0 Å². The Kier molecular flexibility index (Phi) is 3.99. The van der Waals surface area contributed by atoms with E-state index in [1.165, 1.54) is 38.9 Å². The summed E-state index contributed by atoms with van der Waals surface area (Å²) in [5, 5.41) is 2.87. The molecule has 0 heterocycles. The molecule has 0 heteroatoms. The van der Waals surface area contributed by atoms with Crippen LogP contribution in [0.5, 0.6) is 0 Å². The number of benzene rings is 2. The van der Waals surface area contributed by atoms with Crippen LogP contribution in [0.3, 0.4) is 0 Å². The second-order valence-electron chi connectivity index (χ2n) is 10.6.